The fourth-order valence-electron chi connectivity index (χ4n) is 4.45. The first-order valence-electron chi connectivity index (χ1n) is 10.6. The van der Waals surface area contributed by atoms with Crippen molar-refractivity contribution in [2.75, 3.05) is 39.9 Å². The van der Waals surface area contributed by atoms with E-state index in [1.165, 1.54) is 20.0 Å². The molecule has 0 spiro atoms. The third-order valence-corrected chi connectivity index (χ3v) is 6.34. The molecule has 2 saturated heterocycles. The quantitative estimate of drug-likeness (QED) is 0.671. The summed E-state index contributed by atoms with van der Waals surface area (Å²) >= 11 is 0. The monoisotopic (exact) mass is 417 g/mol. The van der Waals surface area contributed by atoms with E-state index in [0.29, 0.717) is 12.0 Å². The minimum absolute atomic E-state index is 0. The summed E-state index contributed by atoms with van der Waals surface area (Å²) in [7, 11) is 1.44. The first kappa shape index (κ1) is 23.2. The van der Waals surface area contributed by atoms with Gasteiger partial charge in [0.15, 0.2) is 0 Å². The van der Waals surface area contributed by atoms with Gasteiger partial charge in [0.25, 0.3) is 0 Å². The average molecular weight is 418 g/mol. The molecule has 2 amide bonds. The van der Waals surface area contributed by atoms with Gasteiger partial charge < -0.3 is 25.0 Å². The Kier molecular flexibility index (Phi) is 9.82. The third-order valence-electron chi connectivity index (χ3n) is 6.34. The second kappa shape index (κ2) is 11.8. The van der Waals surface area contributed by atoms with E-state index in [4.69, 9.17) is 9.47 Å². The molecule has 162 valence electrons. The summed E-state index contributed by atoms with van der Waals surface area (Å²) in [6, 6.07) is 0.209. The predicted molar refractivity (Wildman–Crippen MR) is 110 cm³/mol. The SMILES string of the molecule is COC(=O)C1CCC(NC(=O)N2CCC(OCC3CCNCC3)CC2)CC1.Cl. The van der Waals surface area contributed by atoms with Crippen LogP contribution in [0.5, 0.6) is 0 Å². The summed E-state index contributed by atoms with van der Waals surface area (Å²) in [4.78, 5) is 26.0. The van der Waals surface area contributed by atoms with Crippen LogP contribution < -0.4 is 10.6 Å². The zero-order valence-electron chi connectivity index (χ0n) is 17.0. The lowest BCUT2D eigenvalue weighted by molar-refractivity contribution is -0.146. The topological polar surface area (TPSA) is 79.9 Å². The summed E-state index contributed by atoms with van der Waals surface area (Å²) in [6.07, 6.45) is 7.84. The van der Waals surface area contributed by atoms with Crippen LogP contribution >= 0.6 is 12.4 Å². The van der Waals surface area contributed by atoms with Crippen LogP contribution in [0.2, 0.25) is 0 Å². The second-order valence-corrected chi connectivity index (χ2v) is 8.23. The van der Waals surface area contributed by atoms with E-state index in [1.807, 2.05) is 4.90 Å². The molecule has 2 N–H and O–H groups in total. The summed E-state index contributed by atoms with van der Waals surface area (Å²) < 4.78 is 10.9. The number of hydrogen-bond acceptors (Lipinski definition) is 5. The van der Waals surface area contributed by atoms with Gasteiger partial charge in [-0.1, -0.05) is 0 Å². The molecule has 7 nitrogen and oxygen atoms in total. The van der Waals surface area contributed by atoms with Crippen molar-refractivity contribution in [3.05, 3.63) is 0 Å². The summed E-state index contributed by atoms with van der Waals surface area (Å²) in [5.74, 6) is 0.565. The number of nitrogens with zero attached hydrogens (tertiary/aromatic N) is 1. The van der Waals surface area contributed by atoms with Crippen LogP contribution in [0.3, 0.4) is 0 Å². The normalized spacial score (nSPS) is 27.0. The Hall–Kier alpha value is -1.05. The van der Waals surface area contributed by atoms with Crippen molar-refractivity contribution in [3.8, 4) is 0 Å². The van der Waals surface area contributed by atoms with E-state index < -0.39 is 0 Å². The van der Waals surface area contributed by atoms with Crippen LogP contribution in [0, 0.1) is 11.8 Å². The van der Waals surface area contributed by atoms with E-state index >= 15 is 0 Å². The van der Waals surface area contributed by atoms with Crippen molar-refractivity contribution in [2.24, 2.45) is 11.8 Å². The molecule has 3 fully saturated rings. The number of carbonyl (C=O) groups is 2. The maximum atomic E-state index is 12.5. The Balaban J connectivity index is 0.00000280. The molecule has 0 unspecified atom stereocenters. The van der Waals surface area contributed by atoms with Gasteiger partial charge in [-0.25, -0.2) is 4.79 Å². The fraction of sp³-hybridized carbons (Fsp3) is 0.900. The molecule has 0 aromatic carbocycles. The highest BCUT2D eigenvalue weighted by Crippen LogP contribution is 2.25. The van der Waals surface area contributed by atoms with Gasteiger partial charge in [-0.05, 0) is 70.4 Å². The lowest BCUT2D eigenvalue weighted by Crippen LogP contribution is -2.50. The smallest absolute Gasteiger partial charge is 0.317 e. The highest BCUT2D eigenvalue weighted by Gasteiger charge is 2.30. The molecule has 1 saturated carbocycles. The number of amides is 2. The number of ether oxygens (including phenoxy) is 2. The van der Waals surface area contributed by atoms with Gasteiger partial charge in [0.1, 0.15) is 0 Å². The average Bonchev–Trinajstić information content (AvgIpc) is 2.73. The molecule has 2 heterocycles. The van der Waals surface area contributed by atoms with E-state index in [9.17, 15) is 9.59 Å². The Bertz CT molecular complexity index is 486. The van der Waals surface area contributed by atoms with Gasteiger partial charge in [0.05, 0.1) is 19.1 Å². The van der Waals surface area contributed by atoms with Crippen molar-refractivity contribution in [3.63, 3.8) is 0 Å². The molecule has 1 aliphatic carbocycles. The van der Waals surface area contributed by atoms with E-state index in [0.717, 1.165) is 71.3 Å². The standard InChI is InChI=1S/C20H35N3O4.ClH/c1-26-19(24)16-2-4-17(5-3-16)22-20(25)23-12-8-18(9-13-23)27-14-15-6-10-21-11-7-15;/h15-18,21H,2-14H2,1H3,(H,22,25);1H. The maximum Gasteiger partial charge on any atom is 0.317 e. The Labute approximate surface area is 174 Å². The molecular formula is C20H36ClN3O4. The first-order valence-corrected chi connectivity index (χ1v) is 10.6. The largest absolute Gasteiger partial charge is 0.469 e. The summed E-state index contributed by atoms with van der Waals surface area (Å²) in [6.45, 7) is 4.60. The van der Waals surface area contributed by atoms with Gasteiger partial charge in [0.2, 0.25) is 0 Å². The number of esters is 1. The molecule has 3 aliphatic rings. The van der Waals surface area contributed by atoms with Crippen LogP contribution in [-0.4, -0.2) is 68.9 Å². The minimum Gasteiger partial charge on any atom is -0.469 e. The minimum atomic E-state index is -0.119. The summed E-state index contributed by atoms with van der Waals surface area (Å²) in [5.41, 5.74) is 0. The van der Waals surface area contributed by atoms with Crippen LogP contribution in [0.15, 0.2) is 0 Å². The number of halogens is 1. The molecule has 8 heteroatoms. The third kappa shape index (κ3) is 6.78. The van der Waals surface area contributed by atoms with Gasteiger partial charge in [0, 0.05) is 25.7 Å². The van der Waals surface area contributed by atoms with E-state index in [1.54, 1.807) is 0 Å². The molecular weight excluding hydrogens is 382 g/mol. The number of nitrogens with one attached hydrogen (secondary N) is 2. The second-order valence-electron chi connectivity index (χ2n) is 8.23. The van der Waals surface area contributed by atoms with Crippen molar-refractivity contribution >= 4 is 24.4 Å². The molecule has 0 radical (unpaired) electrons. The fourth-order valence-corrected chi connectivity index (χ4v) is 4.45. The Morgan fingerprint density at radius 1 is 1.00 bits per heavy atom. The molecule has 0 aromatic heterocycles. The van der Waals surface area contributed by atoms with Gasteiger partial charge >= 0.3 is 12.0 Å². The van der Waals surface area contributed by atoms with Crippen LogP contribution in [0.25, 0.3) is 0 Å². The van der Waals surface area contributed by atoms with Crippen LogP contribution in [0.1, 0.15) is 51.4 Å². The molecule has 3 rings (SSSR count). The molecule has 2 aliphatic heterocycles. The van der Waals surface area contributed by atoms with Crippen molar-refractivity contribution < 1.29 is 19.1 Å². The van der Waals surface area contributed by atoms with E-state index in [-0.39, 0.29) is 36.4 Å². The highest BCUT2D eigenvalue weighted by atomic mass is 35.5. The maximum absolute atomic E-state index is 12.5. The van der Waals surface area contributed by atoms with Crippen molar-refractivity contribution in [1.29, 1.82) is 0 Å². The number of piperidine rings is 2. The van der Waals surface area contributed by atoms with Gasteiger partial charge in [-0.3, -0.25) is 4.79 Å². The number of hydrogen-bond donors (Lipinski definition) is 2. The predicted octanol–water partition coefficient (Wildman–Crippen LogP) is 2.33. The number of carbonyl (C=O) groups excluding carboxylic acids is 2. The Morgan fingerprint density at radius 2 is 1.64 bits per heavy atom. The van der Waals surface area contributed by atoms with E-state index in [2.05, 4.69) is 10.6 Å². The number of likely N-dealkylation sites (tertiary alicyclic amines) is 1. The molecule has 0 aromatic rings. The van der Waals surface area contributed by atoms with Crippen LogP contribution in [-0.2, 0) is 14.3 Å². The van der Waals surface area contributed by atoms with Gasteiger partial charge in [-0.15, -0.1) is 12.4 Å². The first-order chi connectivity index (χ1) is 13.2. The van der Waals surface area contributed by atoms with Crippen molar-refractivity contribution in [2.45, 2.75) is 63.5 Å². The van der Waals surface area contributed by atoms with Gasteiger partial charge in [-0.2, -0.15) is 0 Å². The summed E-state index contributed by atoms with van der Waals surface area (Å²) in [5, 5.41) is 6.54. The molecule has 0 atom stereocenters. The zero-order valence-corrected chi connectivity index (χ0v) is 17.8. The van der Waals surface area contributed by atoms with Crippen molar-refractivity contribution in [1.82, 2.24) is 15.5 Å². The number of rotatable bonds is 5. The Morgan fingerprint density at radius 3 is 2.25 bits per heavy atom. The number of urea groups is 1. The van der Waals surface area contributed by atoms with Crippen LogP contribution in [0.4, 0.5) is 4.79 Å². The zero-order chi connectivity index (χ0) is 19.1. The number of methoxy groups -OCH3 is 1. The lowest BCUT2D eigenvalue weighted by atomic mass is 9.86. The highest BCUT2D eigenvalue weighted by molar-refractivity contribution is 5.85. The lowest BCUT2D eigenvalue weighted by Gasteiger charge is -2.35. The molecule has 28 heavy (non-hydrogen) atoms. The molecule has 0 bridgehead atoms.